The van der Waals surface area contributed by atoms with E-state index in [0.29, 0.717) is 54.6 Å². The second-order valence-corrected chi connectivity index (χ2v) is 12.4. The molecule has 196 valence electrons. The Bertz CT molecular complexity index is 1360. The zero-order chi connectivity index (χ0) is 26.2. The number of nitrogens with one attached hydrogen (secondary N) is 1. The average Bonchev–Trinajstić information content (AvgIpc) is 2.99. The van der Waals surface area contributed by atoms with Crippen molar-refractivity contribution in [2.24, 2.45) is 16.1 Å². The Labute approximate surface area is 219 Å². The SMILES string of the molecule is CCCN(CCC)C(=O)C1=Cc2ccc(-c3cccc(S(=O)(=O)N4CC5(CNC5)C4)c3)cc2N=C(N)C1. The fourth-order valence-corrected chi connectivity index (χ4v) is 7.04. The zero-order valence-electron chi connectivity index (χ0n) is 21.5. The molecule has 9 heteroatoms. The fourth-order valence-electron chi connectivity index (χ4n) is 5.32. The van der Waals surface area contributed by atoms with E-state index in [9.17, 15) is 13.2 Å². The van der Waals surface area contributed by atoms with Crippen LogP contribution in [-0.4, -0.2) is 68.6 Å². The lowest BCUT2D eigenvalue weighted by Gasteiger charge is -2.55. The highest BCUT2D eigenvalue weighted by molar-refractivity contribution is 7.89. The van der Waals surface area contributed by atoms with E-state index in [1.807, 2.05) is 35.2 Å². The number of sulfonamides is 1. The van der Waals surface area contributed by atoms with Crippen LogP contribution in [0.5, 0.6) is 0 Å². The van der Waals surface area contributed by atoms with Gasteiger partial charge in [-0.25, -0.2) is 13.4 Å². The largest absolute Gasteiger partial charge is 0.387 e. The summed E-state index contributed by atoms with van der Waals surface area (Å²) in [5, 5.41) is 3.24. The number of fused-ring (bicyclic) bond motifs is 1. The summed E-state index contributed by atoms with van der Waals surface area (Å²) in [7, 11) is -3.54. The summed E-state index contributed by atoms with van der Waals surface area (Å²) >= 11 is 0. The molecule has 0 bridgehead atoms. The number of aliphatic imine (C=N–C) groups is 1. The molecule has 0 atom stereocenters. The van der Waals surface area contributed by atoms with Crippen LogP contribution in [0.2, 0.25) is 0 Å². The van der Waals surface area contributed by atoms with E-state index in [0.717, 1.165) is 42.6 Å². The van der Waals surface area contributed by atoms with Crippen LogP contribution in [0, 0.1) is 5.41 Å². The van der Waals surface area contributed by atoms with Crippen molar-refractivity contribution in [1.82, 2.24) is 14.5 Å². The van der Waals surface area contributed by atoms with E-state index in [2.05, 4.69) is 24.2 Å². The van der Waals surface area contributed by atoms with Crippen molar-refractivity contribution in [3.63, 3.8) is 0 Å². The van der Waals surface area contributed by atoms with Crippen LogP contribution < -0.4 is 11.1 Å². The summed E-state index contributed by atoms with van der Waals surface area (Å²) in [4.78, 5) is 20.0. The molecule has 1 spiro atoms. The predicted octanol–water partition coefficient (Wildman–Crippen LogP) is 3.37. The summed E-state index contributed by atoms with van der Waals surface area (Å²) in [6.07, 6.45) is 3.98. The molecule has 3 aliphatic heterocycles. The summed E-state index contributed by atoms with van der Waals surface area (Å²) in [6, 6.07) is 12.8. The highest BCUT2D eigenvalue weighted by Crippen LogP contribution is 2.38. The van der Waals surface area contributed by atoms with Crippen molar-refractivity contribution < 1.29 is 13.2 Å². The van der Waals surface area contributed by atoms with Gasteiger partial charge in [-0.1, -0.05) is 38.1 Å². The maximum atomic E-state index is 13.2. The Morgan fingerprint density at radius 2 is 1.78 bits per heavy atom. The highest BCUT2D eigenvalue weighted by Gasteiger charge is 2.51. The Balaban J connectivity index is 1.42. The molecule has 5 rings (SSSR count). The predicted molar refractivity (Wildman–Crippen MR) is 147 cm³/mol. The van der Waals surface area contributed by atoms with E-state index < -0.39 is 10.0 Å². The first kappa shape index (κ1) is 25.6. The molecule has 3 aliphatic rings. The van der Waals surface area contributed by atoms with Crippen LogP contribution in [0.4, 0.5) is 5.69 Å². The first-order chi connectivity index (χ1) is 17.7. The molecular formula is C28H35N5O3S. The van der Waals surface area contributed by atoms with E-state index in [-0.39, 0.29) is 11.3 Å². The number of nitrogens with zero attached hydrogens (tertiary/aromatic N) is 3. The number of amidine groups is 1. The lowest BCUT2D eigenvalue weighted by atomic mass is 9.76. The van der Waals surface area contributed by atoms with Gasteiger partial charge in [0.2, 0.25) is 15.9 Å². The van der Waals surface area contributed by atoms with Crippen LogP contribution in [0.3, 0.4) is 0 Å². The van der Waals surface area contributed by atoms with E-state index >= 15 is 0 Å². The van der Waals surface area contributed by atoms with Crippen LogP contribution in [0.15, 0.2) is 57.9 Å². The van der Waals surface area contributed by atoms with Gasteiger partial charge in [-0.3, -0.25) is 4.79 Å². The van der Waals surface area contributed by atoms with Gasteiger partial charge in [0.1, 0.15) is 5.84 Å². The third-order valence-corrected chi connectivity index (χ3v) is 9.16. The smallest absolute Gasteiger partial charge is 0.250 e. The van der Waals surface area contributed by atoms with Gasteiger partial charge in [0.05, 0.1) is 10.6 Å². The third-order valence-electron chi connectivity index (χ3n) is 7.37. The van der Waals surface area contributed by atoms with Crippen LogP contribution in [-0.2, 0) is 14.8 Å². The van der Waals surface area contributed by atoms with Gasteiger partial charge < -0.3 is 16.0 Å². The van der Waals surface area contributed by atoms with Gasteiger partial charge in [-0.05, 0) is 48.2 Å². The fraction of sp³-hybridized carbons (Fsp3) is 0.429. The topological polar surface area (TPSA) is 108 Å². The van der Waals surface area contributed by atoms with Gasteiger partial charge in [-0.2, -0.15) is 4.31 Å². The van der Waals surface area contributed by atoms with Gasteiger partial charge in [0.25, 0.3) is 0 Å². The van der Waals surface area contributed by atoms with Crippen LogP contribution in [0.25, 0.3) is 17.2 Å². The lowest BCUT2D eigenvalue weighted by Crippen LogP contribution is -2.71. The first-order valence-electron chi connectivity index (χ1n) is 13.0. The van der Waals surface area contributed by atoms with Gasteiger partial charge in [0, 0.05) is 62.2 Å². The standard InChI is InChI=1S/C28H35N5O3S/c1-3-10-32(11-4-2)27(34)23-12-22-9-8-21(14-25(22)31-26(29)15-23)20-6-5-7-24(13-20)37(35,36)33-18-28(19-33)16-30-17-28/h5-9,12-14,30H,3-4,10-11,15-19H2,1-2H3,(H2,29,31). The number of hydrogen-bond acceptors (Lipinski definition) is 6. The number of hydrogen-bond donors (Lipinski definition) is 2. The molecular weight excluding hydrogens is 486 g/mol. The van der Waals surface area contributed by atoms with Gasteiger partial charge in [0.15, 0.2) is 0 Å². The zero-order valence-corrected chi connectivity index (χ0v) is 22.4. The molecule has 0 unspecified atom stereocenters. The second kappa shape index (κ2) is 10.0. The molecule has 2 fully saturated rings. The summed E-state index contributed by atoms with van der Waals surface area (Å²) in [6.45, 7) is 8.46. The Morgan fingerprint density at radius 1 is 1.08 bits per heavy atom. The molecule has 2 aromatic rings. The minimum absolute atomic E-state index is 0.00198. The number of nitrogens with two attached hydrogens (primary N) is 1. The molecule has 1 amide bonds. The Morgan fingerprint density at radius 3 is 2.43 bits per heavy atom. The Hall–Kier alpha value is -3.01. The van der Waals surface area contributed by atoms with E-state index in [1.165, 1.54) is 0 Å². The highest BCUT2D eigenvalue weighted by atomic mass is 32.2. The van der Waals surface area contributed by atoms with E-state index in [1.54, 1.807) is 22.5 Å². The summed E-state index contributed by atoms with van der Waals surface area (Å²) < 4.78 is 28.0. The molecule has 0 aliphatic carbocycles. The quantitative estimate of drug-likeness (QED) is 0.554. The molecule has 3 N–H and O–H groups in total. The van der Waals surface area contributed by atoms with Gasteiger partial charge >= 0.3 is 0 Å². The minimum atomic E-state index is -3.54. The van der Waals surface area contributed by atoms with Crippen molar-refractivity contribution >= 4 is 33.5 Å². The number of carbonyl (C=O) groups is 1. The van der Waals surface area contributed by atoms with Crippen molar-refractivity contribution in [1.29, 1.82) is 0 Å². The maximum absolute atomic E-state index is 13.2. The summed E-state index contributed by atoms with van der Waals surface area (Å²) in [5.41, 5.74) is 10.1. The molecule has 8 nitrogen and oxygen atoms in total. The molecule has 2 aromatic carbocycles. The monoisotopic (exact) mass is 521 g/mol. The number of rotatable bonds is 8. The normalized spacial score (nSPS) is 18.6. The van der Waals surface area contributed by atoms with E-state index in [4.69, 9.17) is 5.73 Å². The average molecular weight is 522 g/mol. The molecule has 3 heterocycles. The van der Waals surface area contributed by atoms with Crippen molar-refractivity contribution in [3.05, 3.63) is 53.6 Å². The first-order valence-corrected chi connectivity index (χ1v) is 14.5. The second-order valence-electron chi connectivity index (χ2n) is 10.4. The van der Waals surface area contributed by atoms with Gasteiger partial charge in [-0.15, -0.1) is 0 Å². The molecule has 0 aromatic heterocycles. The molecule has 0 radical (unpaired) electrons. The molecule has 37 heavy (non-hydrogen) atoms. The molecule has 0 saturated carbocycles. The maximum Gasteiger partial charge on any atom is 0.250 e. The number of benzene rings is 2. The van der Waals surface area contributed by atoms with Crippen molar-refractivity contribution in [2.45, 2.75) is 38.0 Å². The van der Waals surface area contributed by atoms with Crippen molar-refractivity contribution in [2.75, 3.05) is 39.3 Å². The van der Waals surface area contributed by atoms with Crippen LogP contribution in [0.1, 0.15) is 38.7 Å². The van der Waals surface area contributed by atoms with Crippen molar-refractivity contribution in [3.8, 4) is 11.1 Å². The minimum Gasteiger partial charge on any atom is -0.387 e. The van der Waals surface area contributed by atoms with Crippen LogP contribution >= 0.6 is 0 Å². The third kappa shape index (κ3) is 4.95. The lowest BCUT2D eigenvalue weighted by molar-refractivity contribution is -0.127. The Kier molecular flexibility index (Phi) is 6.95. The summed E-state index contributed by atoms with van der Waals surface area (Å²) in [5.74, 6) is 0.388. The number of amides is 1. The number of carbonyl (C=O) groups excluding carboxylic acids is 1. The molecule has 2 saturated heterocycles.